The summed E-state index contributed by atoms with van der Waals surface area (Å²) in [5, 5.41) is 11.4. The van der Waals surface area contributed by atoms with Crippen LogP contribution in [-0.2, 0) is 24.3 Å². The number of nitrogens with one attached hydrogen (secondary N) is 2. The van der Waals surface area contributed by atoms with Gasteiger partial charge in [-0.2, -0.15) is 5.10 Å². The second-order valence-corrected chi connectivity index (χ2v) is 7.91. The average molecular weight is 576 g/mol. The van der Waals surface area contributed by atoms with Crippen molar-refractivity contribution in [1.82, 2.24) is 25.4 Å². The average Bonchev–Trinajstić information content (AvgIpc) is 3.25. The number of fused-ring (bicyclic) bond motifs is 1. The van der Waals surface area contributed by atoms with Crippen LogP contribution in [-0.4, -0.2) is 53.6 Å². The zero-order valence-corrected chi connectivity index (χ0v) is 22.1. The first-order valence-electron chi connectivity index (χ1n) is 11.5. The number of halogens is 1. The van der Waals surface area contributed by atoms with E-state index in [-0.39, 0.29) is 30.0 Å². The fraction of sp³-hybridized carbons (Fsp3) is 0.400. The lowest BCUT2D eigenvalue weighted by Crippen LogP contribution is -2.47. The van der Waals surface area contributed by atoms with Gasteiger partial charge in [0.1, 0.15) is 24.8 Å². The summed E-state index contributed by atoms with van der Waals surface area (Å²) in [6, 6.07) is 18.6. The van der Waals surface area contributed by atoms with Crippen molar-refractivity contribution in [3.63, 3.8) is 0 Å². The van der Waals surface area contributed by atoms with Crippen molar-refractivity contribution in [2.75, 3.05) is 26.8 Å². The smallest absolute Gasteiger partial charge is 0.191 e. The Bertz CT molecular complexity index is 1060. The first-order valence-corrected chi connectivity index (χ1v) is 11.5. The molecule has 0 spiro atoms. The van der Waals surface area contributed by atoms with Crippen molar-refractivity contribution >= 4 is 29.9 Å². The second-order valence-electron chi connectivity index (χ2n) is 7.91. The molecule has 0 bridgehead atoms. The highest BCUT2D eigenvalue weighted by molar-refractivity contribution is 14.0. The van der Waals surface area contributed by atoms with Crippen molar-refractivity contribution in [1.29, 1.82) is 0 Å². The van der Waals surface area contributed by atoms with Gasteiger partial charge in [-0.05, 0) is 25.0 Å². The van der Waals surface area contributed by atoms with Crippen molar-refractivity contribution in [3.05, 3.63) is 66.2 Å². The topological polar surface area (TPSA) is 85.6 Å². The minimum absolute atomic E-state index is 0. The summed E-state index contributed by atoms with van der Waals surface area (Å²) in [6.45, 7) is 5.11. The molecular formula is C25H33IN6O2. The molecule has 0 saturated carbocycles. The van der Waals surface area contributed by atoms with E-state index >= 15 is 0 Å². The number of methoxy groups -OCH3 is 1. The SMILES string of the molecule is CCNC(=NCCOc1ccccc1-c1ccccc1)NC1CCc2nc(COC)nn2C1.I. The van der Waals surface area contributed by atoms with Crippen LogP contribution in [0.25, 0.3) is 11.1 Å². The molecule has 1 aromatic heterocycles. The number of aromatic nitrogens is 3. The van der Waals surface area contributed by atoms with Gasteiger partial charge in [0.25, 0.3) is 0 Å². The predicted octanol–water partition coefficient (Wildman–Crippen LogP) is 3.66. The van der Waals surface area contributed by atoms with E-state index in [0.717, 1.165) is 60.4 Å². The monoisotopic (exact) mass is 576 g/mol. The largest absolute Gasteiger partial charge is 0.491 e. The van der Waals surface area contributed by atoms with Crippen molar-refractivity contribution in [3.8, 4) is 16.9 Å². The molecule has 4 rings (SSSR count). The zero-order chi connectivity index (χ0) is 22.9. The van der Waals surface area contributed by atoms with E-state index in [0.29, 0.717) is 19.8 Å². The third kappa shape index (κ3) is 6.92. The lowest BCUT2D eigenvalue weighted by atomic mass is 10.1. The number of guanidine groups is 1. The van der Waals surface area contributed by atoms with Crippen LogP contribution < -0.4 is 15.4 Å². The summed E-state index contributed by atoms with van der Waals surface area (Å²) in [5.41, 5.74) is 2.23. The Morgan fingerprint density at radius 3 is 2.74 bits per heavy atom. The molecule has 0 fully saturated rings. The van der Waals surface area contributed by atoms with Gasteiger partial charge in [0.15, 0.2) is 11.8 Å². The Balaban J connectivity index is 0.00000324. The van der Waals surface area contributed by atoms with Crippen LogP contribution in [0.3, 0.4) is 0 Å². The van der Waals surface area contributed by atoms with Crippen LogP contribution in [0.2, 0.25) is 0 Å². The fourth-order valence-electron chi connectivity index (χ4n) is 3.94. The second kappa shape index (κ2) is 13.3. The molecule has 3 aromatic rings. The molecule has 0 radical (unpaired) electrons. The van der Waals surface area contributed by atoms with Crippen LogP contribution in [0, 0.1) is 0 Å². The van der Waals surface area contributed by atoms with Gasteiger partial charge in [-0.1, -0.05) is 48.5 Å². The number of benzene rings is 2. The van der Waals surface area contributed by atoms with E-state index in [1.54, 1.807) is 7.11 Å². The van der Waals surface area contributed by atoms with Crippen molar-refractivity contribution < 1.29 is 9.47 Å². The summed E-state index contributed by atoms with van der Waals surface area (Å²) in [5.74, 6) is 3.42. The number of ether oxygens (including phenoxy) is 2. The minimum atomic E-state index is 0. The zero-order valence-electron chi connectivity index (χ0n) is 19.7. The first kappa shape index (κ1) is 26.0. The number of para-hydroxylation sites is 1. The molecule has 8 nitrogen and oxygen atoms in total. The molecule has 1 aliphatic heterocycles. The van der Waals surface area contributed by atoms with Gasteiger partial charge in [-0.15, -0.1) is 24.0 Å². The maximum atomic E-state index is 6.09. The van der Waals surface area contributed by atoms with Gasteiger partial charge >= 0.3 is 0 Å². The van der Waals surface area contributed by atoms with E-state index in [2.05, 4.69) is 45.8 Å². The lowest BCUT2D eigenvalue weighted by molar-refractivity contribution is 0.177. The summed E-state index contributed by atoms with van der Waals surface area (Å²) in [4.78, 5) is 9.27. The first-order chi connectivity index (χ1) is 16.3. The van der Waals surface area contributed by atoms with Gasteiger partial charge in [0.2, 0.25) is 0 Å². The molecule has 0 aliphatic carbocycles. The Morgan fingerprint density at radius 2 is 1.94 bits per heavy atom. The number of hydrogen-bond acceptors (Lipinski definition) is 5. The maximum Gasteiger partial charge on any atom is 0.191 e. The highest BCUT2D eigenvalue weighted by Crippen LogP contribution is 2.29. The minimum Gasteiger partial charge on any atom is -0.491 e. The van der Waals surface area contributed by atoms with E-state index in [1.165, 1.54) is 0 Å². The van der Waals surface area contributed by atoms with E-state index in [4.69, 9.17) is 14.5 Å². The third-order valence-electron chi connectivity index (χ3n) is 5.45. The number of aliphatic imine (C=N–C) groups is 1. The van der Waals surface area contributed by atoms with E-state index in [9.17, 15) is 0 Å². The number of rotatable bonds is 9. The Kier molecular flexibility index (Phi) is 10.1. The Morgan fingerprint density at radius 1 is 1.15 bits per heavy atom. The standard InChI is InChI=1S/C25H32N6O2.HI/c1-3-26-25(28-20-13-14-24-29-23(18-32-2)30-31(24)17-20)27-15-16-33-22-12-8-7-11-21(22)19-9-5-4-6-10-19;/h4-12,20H,3,13-18H2,1-2H3,(H2,26,27,28);1H. The van der Waals surface area contributed by atoms with Gasteiger partial charge in [0, 0.05) is 31.7 Å². The third-order valence-corrected chi connectivity index (χ3v) is 5.45. The molecule has 2 heterocycles. The summed E-state index contributed by atoms with van der Waals surface area (Å²) >= 11 is 0. The van der Waals surface area contributed by atoms with Gasteiger partial charge in [-0.3, -0.25) is 0 Å². The molecule has 0 amide bonds. The maximum absolute atomic E-state index is 6.09. The molecule has 34 heavy (non-hydrogen) atoms. The Hall–Kier alpha value is -2.66. The van der Waals surface area contributed by atoms with Crippen LogP contribution >= 0.6 is 24.0 Å². The Labute approximate surface area is 218 Å². The molecule has 2 N–H and O–H groups in total. The van der Waals surface area contributed by atoms with E-state index in [1.807, 2.05) is 41.1 Å². The van der Waals surface area contributed by atoms with Gasteiger partial charge in [-0.25, -0.2) is 14.7 Å². The number of aryl methyl sites for hydroxylation is 1. The van der Waals surface area contributed by atoms with Gasteiger partial charge in [0.05, 0.1) is 13.1 Å². The summed E-state index contributed by atoms with van der Waals surface area (Å²) in [6.07, 6.45) is 1.86. The summed E-state index contributed by atoms with van der Waals surface area (Å²) < 4.78 is 13.2. The normalized spacial score (nSPS) is 15.2. The van der Waals surface area contributed by atoms with Crippen LogP contribution in [0.1, 0.15) is 25.0 Å². The van der Waals surface area contributed by atoms with Crippen LogP contribution in [0.4, 0.5) is 0 Å². The van der Waals surface area contributed by atoms with Crippen molar-refractivity contribution in [2.24, 2.45) is 4.99 Å². The highest BCUT2D eigenvalue weighted by atomic mass is 127. The van der Waals surface area contributed by atoms with Crippen LogP contribution in [0.5, 0.6) is 5.75 Å². The molecule has 1 unspecified atom stereocenters. The van der Waals surface area contributed by atoms with Crippen molar-refractivity contribution in [2.45, 2.75) is 39.0 Å². The predicted molar refractivity (Wildman–Crippen MR) is 145 cm³/mol. The molecule has 0 saturated heterocycles. The molecular weight excluding hydrogens is 543 g/mol. The number of nitrogens with zero attached hydrogens (tertiary/aromatic N) is 4. The summed E-state index contributed by atoms with van der Waals surface area (Å²) in [7, 11) is 1.66. The lowest BCUT2D eigenvalue weighted by Gasteiger charge is -2.25. The molecule has 1 atom stereocenters. The van der Waals surface area contributed by atoms with E-state index < -0.39 is 0 Å². The molecule has 182 valence electrons. The molecule has 2 aromatic carbocycles. The quantitative estimate of drug-likeness (QED) is 0.175. The highest BCUT2D eigenvalue weighted by Gasteiger charge is 2.22. The molecule has 9 heteroatoms. The van der Waals surface area contributed by atoms with Gasteiger partial charge < -0.3 is 20.1 Å². The fourth-order valence-corrected chi connectivity index (χ4v) is 3.94. The van der Waals surface area contributed by atoms with Crippen LogP contribution in [0.15, 0.2) is 59.6 Å². The number of hydrogen-bond donors (Lipinski definition) is 2. The molecule has 1 aliphatic rings.